The predicted octanol–water partition coefficient (Wildman–Crippen LogP) is 0.918. The van der Waals surface area contributed by atoms with Crippen molar-refractivity contribution >= 4 is 16.8 Å². The molecule has 1 aliphatic rings. The normalized spacial score (nSPS) is 16.8. The molecule has 0 bridgehead atoms. The van der Waals surface area contributed by atoms with Gasteiger partial charge in [0.15, 0.2) is 0 Å². The summed E-state index contributed by atoms with van der Waals surface area (Å²) in [7, 11) is 0. The van der Waals surface area contributed by atoms with Crippen LogP contribution in [0.15, 0.2) is 30.5 Å². The zero-order valence-corrected chi connectivity index (χ0v) is 11.4. The molecular weight excluding hydrogens is 254 g/mol. The number of para-hydroxylation sites is 1. The number of benzene rings is 1. The van der Waals surface area contributed by atoms with Gasteiger partial charge in [-0.15, -0.1) is 0 Å². The molecule has 2 aromatic rings. The van der Waals surface area contributed by atoms with Crippen LogP contribution in [0.2, 0.25) is 0 Å². The highest BCUT2D eigenvalue weighted by molar-refractivity contribution is 6.05. The molecule has 1 aromatic carbocycles. The van der Waals surface area contributed by atoms with Crippen LogP contribution in [0, 0.1) is 0 Å². The predicted molar refractivity (Wildman–Crippen MR) is 77.7 cm³/mol. The third kappa shape index (κ3) is 2.42. The van der Waals surface area contributed by atoms with E-state index in [0.717, 1.165) is 42.6 Å². The number of piperazine rings is 1. The van der Waals surface area contributed by atoms with Gasteiger partial charge in [-0.1, -0.05) is 12.1 Å². The molecule has 20 heavy (non-hydrogen) atoms. The van der Waals surface area contributed by atoms with Gasteiger partial charge in [0.2, 0.25) is 0 Å². The van der Waals surface area contributed by atoms with E-state index < -0.39 is 0 Å². The Balaban J connectivity index is 1.75. The number of β-amino-alcohol motifs (C(OH)–C–C–N with tert-alkyl or cyclic N) is 1. The molecule has 2 heterocycles. The maximum Gasteiger partial charge on any atom is 0.256 e. The molecule has 1 aliphatic heterocycles. The van der Waals surface area contributed by atoms with Crippen LogP contribution in [-0.4, -0.2) is 65.1 Å². The lowest BCUT2D eigenvalue weighted by Crippen LogP contribution is -2.49. The molecule has 5 nitrogen and oxygen atoms in total. The summed E-state index contributed by atoms with van der Waals surface area (Å²) in [6.07, 6.45) is 1.86. The highest BCUT2D eigenvalue weighted by Crippen LogP contribution is 2.19. The molecule has 1 saturated heterocycles. The Hall–Kier alpha value is -1.85. The van der Waals surface area contributed by atoms with Crippen LogP contribution in [0.4, 0.5) is 0 Å². The topological polar surface area (TPSA) is 59.6 Å². The fourth-order valence-corrected chi connectivity index (χ4v) is 2.75. The van der Waals surface area contributed by atoms with Crippen molar-refractivity contribution in [1.29, 1.82) is 0 Å². The van der Waals surface area contributed by atoms with Crippen LogP contribution in [-0.2, 0) is 0 Å². The Morgan fingerprint density at radius 2 is 2.00 bits per heavy atom. The molecule has 0 aliphatic carbocycles. The zero-order valence-electron chi connectivity index (χ0n) is 11.4. The largest absolute Gasteiger partial charge is 0.395 e. The monoisotopic (exact) mass is 273 g/mol. The molecule has 0 saturated carbocycles. The molecule has 1 amide bonds. The quantitative estimate of drug-likeness (QED) is 0.874. The number of nitrogens with zero attached hydrogens (tertiary/aromatic N) is 2. The standard InChI is InChI=1S/C15H19N3O2/c19-11-10-17-6-8-18(9-7-17)15(20)13-3-1-2-12-4-5-16-14(12)13/h1-5,16,19H,6-11H2. The molecule has 1 aromatic heterocycles. The molecule has 0 spiro atoms. The number of rotatable bonds is 3. The van der Waals surface area contributed by atoms with Crippen molar-refractivity contribution in [2.75, 3.05) is 39.3 Å². The van der Waals surface area contributed by atoms with Crippen molar-refractivity contribution in [3.05, 3.63) is 36.0 Å². The van der Waals surface area contributed by atoms with Crippen molar-refractivity contribution in [2.24, 2.45) is 0 Å². The summed E-state index contributed by atoms with van der Waals surface area (Å²) in [6, 6.07) is 7.78. The first-order valence-electron chi connectivity index (χ1n) is 6.98. The number of hydrogen-bond acceptors (Lipinski definition) is 3. The first-order chi connectivity index (χ1) is 9.79. The van der Waals surface area contributed by atoms with E-state index in [0.29, 0.717) is 6.54 Å². The first-order valence-corrected chi connectivity index (χ1v) is 6.98. The third-order valence-electron chi connectivity index (χ3n) is 3.89. The van der Waals surface area contributed by atoms with E-state index in [4.69, 9.17) is 5.11 Å². The molecule has 106 valence electrons. The smallest absolute Gasteiger partial charge is 0.256 e. The number of hydrogen-bond donors (Lipinski definition) is 2. The van der Waals surface area contributed by atoms with Gasteiger partial charge in [-0.25, -0.2) is 0 Å². The van der Waals surface area contributed by atoms with Crippen molar-refractivity contribution in [2.45, 2.75) is 0 Å². The number of aliphatic hydroxyl groups is 1. The number of nitrogens with one attached hydrogen (secondary N) is 1. The third-order valence-corrected chi connectivity index (χ3v) is 3.89. The Kier molecular flexibility index (Phi) is 3.71. The minimum Gasteiger partial charge on any atom is -0.395 e. The number of aliphatic hydroxyl groups excluding tert-OH is 1. The van der Waals surface area contributed by atoms with Gasteiger partial charge in [-0.3, -0.25) is 9.69 Å². The Morgan fingerprint density at radius 1 is 1.20 bits per heavy atom. The number of aromatic nitrogens is 1. The molecule has 0 radical (unpaired) electrons. The summed E-state index contributed by atoms with van der Waals surface area (Å²) in [5, 5.41) is 10.0. The van der Waals surface area contributed by atoms with E-state index in [1.165, 1.54) is 0 Å². The fraction of sp³-hybridized carbons (Fsp3) is 0.400. The average molecular weight is 273 g/mol. The van der Waals surface area contributed by atoms with Gasteiger partial charge in [0.05, 0.1) is 17.7 Å². The summed E-state index contributed by atoms with van der Waals surface area (Å²) in [4.78, 5) is 19.8. The lowest BCUT2D eigenvalue weighted by atomic mass is 10.1. The van der Waals surface area contributed by atoms with Crippen LogP contribution in [0.5, 0.6) is 0 Å². The SMILES string of the molecule is O=C(c1cccc2cc[nH]c12)N1CCN(CCO)CC1. The minimum atomic E-state index is 0.0849. The summed E-state index contributed by atoms with van der Waals surface area (Å²) >= 11 is 0. The zero-order chi connectivity index (χ0) is 13.9. The number of carbonyl (C=O) groups is 1. The van der Waals surface area contributed by atoms with Gasteiger partial charge in [-0.2, -0.15) is 0 Å². The molecule has 5 heteroatoms. The van der Waals surface area contributed by atoms with Crippen LogP contribution >= 0.6 is 0 Å². The average Bonchev–Trinajstić information content (AvgIpc) is 2.96. The van der Waals surface area contributed by atoms with Crippen molar-refractivity contribution in [3.8, 4) is 0 Å². The van der Waals surface area contributed by atoms with Crippen molar-refractivity contribution in [3.63, 3.8) is 0 Å². The summed E-state index contributed by atoms with van der Waals surface area (Å²) < 4.78 is 0. The molecule has 0 atom stereocenters. The Morgan fingerprint density at radius 3 is 2.75 bits per heavy atom. The second kappa shape index (κ2) is 5.64. The summed E-state index contributed by atoms with van der Waals surface area (Å²) in [6.45, 7) is 3.95. The number of amides is 1. The van der Waals surface area contributed by atoms with Gasteiger partial charge in [-0.05, 0) is 12.1 Å². The number of fused-ring (bicyclic) bond motifs is 1. The second-order valence-electron chi connectivity index (χ2n) is 5.10. The molecular formula is C15H19N3O2. The lowest BCUT2D eigenvalue weighted by molar-refractivity contribution is 0.0616. The Bertz CT molecular complexity index is 600. The molecule has 0 unspecified atom stereocenters. The van der Waals surface area contributed by atoms with Gasteiger partial charge < -0.3 is 15.0 Å². The van der Waals surface area contributed by atoms with E-state index >= 15 is 0 Å². The first kappa shape index (κ1) is 13.1. The molecule has 3 rings (SSSR count). The highest BCUT2D eigenvalue weighted by Gasteiger charge is 2.23. The van der Waals surface area contributed by atoms with Crippen LogP contribution < -0.4 is 0 Å². The van der Waals surface area contributed by atoms with E-state index in [9.17, 15) is 4.79 Å². The maximum absolute atomic E-state index is 12.6. The van der Waals surface area contributed by atoms with Gasteiger partial charge in [0, 0.05) is 44.3 Å². The van der Waals surface area contributed by atoms with Crippen molar-refractivity contribution in [1.82, 2.24) is 14.8 Å². The van der Waals surface area contributed by atoms with E-state index in [2.05, 4.69) is 9.88 Å². The molecule has 2 N–H and O–H groups in total. The summed E-state index contributed by atoms with van der Waals surface area (Å²) in [5.74, 6) is 0.0849. The molecule has 1 fully saturated rings. The fourth-order valence-electron chi connectivity index (χ4n) is 2.75. The number of carbonyl (C=O) groups excluding carboxylic acids is 1. The second-order valence-corrected chi connectivity index (χ2v) is 5.10. The number of aromatic amines is 1. The van der Waals surface area contributed by atoms with E-state index in [-0.39, 0.29) is 12.5 Å². The lowest BCUT2D eigenvalue weighted by Gasteiger charge is -2.34. The highest BCUT2D eigenvalue weighted by atomic mass is 16.3. The number of H-pyrrole nitrogens is 1. The van der Waals surface area contributed by atoms with Crippen LogP contribution in [0.25, 0.3) is 10.9 Å². The van der Waals surface area contributed by atoms with Crippen LogP contribution in [0.1, 0.15) is 10.4 Å². The van der Waals surface area contributed by atoms with Gasteiger partial charge in [0.1, 0.15) is 0 Å². The maximum atomic E-state index is 12.6. The van der Waals surface area contributed by atoms with Gasteiger partial charge in [0.25, 0.3) is 5.91 Å². The van der Waals surface area contributed by atoms with Gasteiger partial charge >= 0.3 is 0 Å². The van der Waals surface area contributed by atoms with E-state index in [1.54, 1.807) is 0 Å². The van der Waals surface area contributed by atoms with E-state index in [1.807, 2.05) is 35.4 Å². The Labute approximate surface area is 117 Å². The summed E-state index contributed by atoms with van der Waals surface area (Å²) in [5.41, 5.74) is 1.65. The van der Waals surface area contributed by atoms with Crippen LogP contribution in [0.3, 0.4) is 0 Å². The van der Waals surface area contributed by atoms with Crippen molar-refractivity contribution < 1.29 is 9.90 Å². The minimum absolute atomic E-state index is 0.0849.